The van der Waals surface area contributed by atoms with Crippen LogP contribution in [0.4, 0.5) is 19.0 Å². The van der Waals surface area contributed by atoms with Crippen LogP contribution < -0.4 is 14.4 Å². The van der Waals surface area contributed by atoms with E-state index >= 15 is 4.39 Å². The Balaban J connectivity index is 1.53. The maximum atomic E-state index is 15.0. The van der Waals surface area contributed by atoms with Crippen molar-refractivity contribution < 1.29 is 22.6 Å². The molecule has 2 atom stereocenters. The molecule has 1 aliphatic carbocycles. The van der Waals surface area contributed by atoms with Gasteiger partial charge in [0.05, 0.1) is 18.0 Å². The van der Waals surface area contributed by atoms with Crippen LogP contribution in [-0.4, -0.2) is 91.5 Å². The van der Waals surface area contributed by atoms with Gasteiger partial charge in [0, 0.05) is 38.2 Å². The summed E-state index contributed by atoms with van der Waals surface area (Å²) < 4.78 is 55.3. The lowest BCUT2D eigenvalue weighted by Gasteiger charge is -2.49. The largest absolute Gasteiger partial charge is 0.493 e. The van der Waals surface area contributed by atoms with Gasteiger partial charge in [-0.2, -0.15) is 9.97 Å². The maximum Gasteiger partial charge on any atom is 0.319 e. The average Bonchev–Trinajstić information content (AvgIpc) is 3.30. The van der Waals surface area contributed by atoms with Crippen LogP contribution in [0, 0.1) is 11.6 Å². The summed E-state index contributed by atoms with van der Waals surface area (Å²) in [4.78, 5) is 15.2. The zero-order valence-corrected chi connectivity index (χ0v) is 20.9. The van der Waals surface area contributed by atoms with Gasteiger partial charge in [0.15, 0.2) is 17.4 Å². The summed E-state index contributed by atoms with van der Waals surface area (Å²) in [6, 6.07) is 0.778. The van der Waals surface area contributed by atoms with Gasteiger partial charge in [-0.25, -0.2) is 13.2 Å². The third-order valence-corrected chi connectivity index (χ3v) is 8.35. The monoisotopic (exact) mass is 493 g/mol. The lowest BCUT2D eigenvalue weighted by molar-refractivity contribution is 0.0681. The molecular formula is C25H34F3N5O2. The summed E-state index contributed by atoms with van der Waals surface area (Å²) in [6.45, 7) is 2.10. The number of alkyl halides is 1. The fourth-order valence-corrected chi connectivity index (χ4v) is 6.21. The van der Waals surface area contributed by atoms with E-state index in [1.807, 2.05) is 26.0 Å². The first kappa shape index (κ1) is 24.4. The number of benzene rings is 1. The minimum atomic E-state index is -0.882. The van der Waals surface area contributed by atoms with E-state index in [1.54, 1.807) is 0 Å². The lowest BCUT2D eigenvalue weighted by atomic mass is 9.75. The maximum absolute atomic E-state index is 15.0. The SMILES string of the molecule is COc1c(F)cc(F)c2nc(OC[C@@]34CCCN3C[C@H](F)C4)nc(N(C)CC3(N(C)C)CCC3)c12. The van der Waals surface area contributed by atoms with Gasteiger partial charge < -0.3 is 19.3 Å². The van der Waals surface area contributed by atoms with Gasteiger partial charge in [0.2, 0.25) is 0 Å². The molecule has 2 aromatic rings. The predicted octanol–water partition coefficient (Wildman–Crippen LogP) is 3.79. The molecule has 2 aliphatic heterocycles. The highest BCUT2D eigenvalue weighted by atomic mass is 19.1. The topological polar surface area (TPSA) is 54.0 Å². The molecule has 1 saturated carbocycles. The second kappa shape index (κ2) is 8.96. The minimum absolute atomic E-state index is 0.00274. The van der Waals surface area contributed by atoms with Crippen molar-refractivity contribution in [3.05, 3.63) is 17.7 Å². The van der Waals surface area contributed by atoms with Crippen LogP contribution in [0.15, 0.2) is 6.07 Å². The van der Waals surface area contributed by atoms with Crippen LogP contribution in [0.3, 0.4) is 0 Å². The quantitative estimate of drug-likeness (QED) is 0.555. The highest BCUT2D eigenvalue weighted by molar-refractivity contribution is 5.96. The highest BCUT2D eigenvalue weighted by Crippen LogP contribution is 2.42. The first-order chi connectivity index (χ1) is 16.7. The Morgan fingerprint density at radius 1 is 1.11 bits per heavy atom. The van der Waals surface area contributed by atoms with Crippen LogP contribution in [-0.2, 0) is 0 Å². The number of likely N-dealkylation sites (N-methyl/N-ethyl adjacent to an activating group) is 2. The predicted molar refractivity (Wildman–Crippen MR) is 128 cm³/mol. The Labute approximate surface area is 204 Å². The zero-order chi connectivity index (χ0) is 25.0. The van der Waals surface area contributed by atoms with Crippen LogP contribution in [0.1, 0.15) is 38.5 Å². The van der Waals surface area contributed by atoms with Gasteiger partial charge in [-0.05, 0) is 52.7 Å². The molecule has 2 saturated heterocycles. The average molecular weight is 494 g/mol. The summed E-state index contributed by atoms with van der Waals surface area (Å²) in [7, 11) is 7.30. The Bertz CT molecular complexity index is 1110. The van der Waals surface area contributed by atoms with E-state index in [1.165, 1.54) is 7.11 Å². The number of halogens is 3. The van der Waals surface area contributed by atoms with Crippen molar-refractivity contribution in [3.63, 3.8) is 0 Å². The Morgan fingerprint density at radius 3 is 2.54 bits per heavy atom. The van der Waals surface area contributed by atoms with E-state index in [4.69, 9.17) is 9.47 Å². The summed E-state index contributed by atoms with van der Waals surface area (Å²) in [6.07, 6.45) is 4.54. The number of anilines is 1. The molecule has 192 valence electrons. The second-order valence-electron chi connectivity index (χ2n) is 10.6. The van der Waals surface area contributed by atoms with Crippen LogP contribution >= 0.6 is 0 Å². The summed E-state index contributed by atoms with van der Waals surface area (Å²) in [5.74, 6) is -1.37. The molecule has 0 amide bonds. The first-order valence-corrected chi connectivity index (χ1v) is 12.3. The van der Waals surface area contributed by atoms with Gasteiger partial charge in [-0.15, -0.1) is 0 Å². The first-order valence-electron chi connectivity index (χ1n) is 12.3. The number of hydrogen-bond acceptors (Lipinski definition) is 7. The smallest absolute Gasteiger partial charge is 0.319 e. The molecule has 1 aromatic heterocycles. The molecule has 7 nitrogen and oxygen atoms in total. The van der Waals surface area contributed by atoms with Gasteiger partial charge in [0.1, 0.15) is 24.1 Å². The molecule has 3 fully saturated rings. The van der Waals surface area contributed by atoms with Gasteiger partial charge >= 0.3 is 6.01 Å². The van der Waals surface area contributed by atoms with E-state index in [-0.39, 0.29) is 40.3 Å². The molecule has 5 rings (SSSR count). The minimum Gasteiger partial charge on any atom is -0.493 e. The Morgan fingerprint density at radius 2 is 1.89 bits per heavy atom. The van der Waals surface area contributed by atoms with Gasteiger partial charge in [-0.3, -0.25) is 4.90 Å². The molecule has 0 radical (unpaired) electrons. The summed E-state index contributed by atoms with van der Waals surface area (Å²) in [5.41, 5.74) is -0.489. The molecule has 10 heteroatoms. The van der Waals surface area contributed by atoms with E-state index in [2.05, 4.69) is 19.8 Å². The lowest BCUT2D eigenvalue weighted by Crippen LogP contribution is -2.56. The van der Waals surface area contributed by atoms with Crippen molar-refractivity contribution in [1.82, 2.24) is 19.8 Å². The van der Waals surface area contributed by atoms with Crippen LogP contribution in [0.5, 0.6) is 11.8 Å². The molecule has 0 spiro atoms. The molecule has 0 N–H and O–H groups in total. The normalized spacial score (nSPS) is 25.7. The standard InChI is InChI=1S/C25H34F3N5O2/c1-31(2)24(7-5-8-24)14-32(3)22-19-20(17(27)11-18(28)21(19)34-4)29-23(30-22)35-15-25-9-6-10-33(25)13-16(26)12-25/h11,16H,5-10,12-15H2,1-4H3/t16-,25+/m1/s1. The highest BCUT2D eigenvalue weighted by Gasteiger charge is 2.49. The molecule has 3 aliphatic rings. The number of nitrogens with zero attached hydrogens (tertiary/aromatic N) is 5. The second-order valence-corrected chi connectivity index (χ2v) is 10.6. The molecule has 1 aromatic carbocycles. The summed E-state index contributed by atoms with van der Waals surface area (Å²) >= 11 is 0. The van der Waals surface area contributed by atoms with E-state index in [9.17, 15) is 8.78 Å². The number of methoxy groups -OCH3 is 1. The Kier molecular flexibility index (Phi) is 6.24. The molecule has 3 heterocycles. The van der Waals surface area contributed by atoms with Gasteiger partial charge in [-0.1, -0.05) is 0 Å². The number of fused-ring (bicyclic) bond motifs is 2. The number of aromatic nitrogens is 2. The van der Waals surface area contributed by atoms with Crippen LogP contribution in [0.25, 0.3) is 10.9 Å². The van der Waals surface area contributed by atoms with Gasteiger partial charge in [0.25, 0.3) is 0 Å². The number of hydrogen-bond donors (Lipinski definition) is 0. The van der Waals surface area contributed by atoms with E-state index in [0.717, 1.165) is 44.7 Å². The van der Waals surface area contributed by atoms with Crippen molar-refractivity contribution >= 4 is 16.7 Å². The van der Waals surface area contributed by atoms with Crippen molar-refractivity contribution in [2.75, 3.05) is 59.4 Å². The zero-order valence-electron chi connectivity index (χ0n) is 20.9. The molecule has 0 unspecified atom stereocenters. The fraction of sp³-hybridized carbons (Fsp3) is 0.680. The number of rotatable bonds is 8. The van der Waals surface area contributed by atoms with Crippen LogP contribution in [0.2, 0.25) is 0 Å². The Hall–Kier alpha value is -2.33. The molecule has 0 bridgehead atoms. The third kappa shape index (κ3) is 4.08. The van der Waals surface area contributed by atoms with Crippen molar-refractivity contribution in [1.29, 1.82) is 0 Å². The van der Waals surface area contributed by atoms with Crippen molar-refractivity contribution in [3.8, 4) is 11.8 Å². The number of ether oxygens (including phenoxy) is 2. The third-order valence-electron chi connectivity index (χ3n) is 8.35. The summed E-state index contributed by atoms with van der Waals surface area (Å²) in [5, 5.41) is 0.179. The molecular weight excluding hydrogens is 459 g/mol. The van der Waals surface area contributed by atoms with Crippen molar-refractivity contribution in [2.24, 2.45) is 0 Å². The van der Waals surface area contributed by atoms with E-state index in [0.29, 0.717) is 25.3 Å². The molecule has 35 heavy (non-hydrogen) atoms. The van der Waals surface area contributed by atoms with Crippen molar-refractivity contribution in [2.45, 2.75) is 55.8 Å². The van der Waals surface area contributed by atoms with E-state index < -0.39 is 17.8 Å². The fourth-order valence-electron chi connectivity index (χ4n) is 6.21.